The summed E-state index contributed by atoms with van der Waals surface area (Å²) in [5, 5.41) is 3.69. The van der Waals surface area contributed by atoms with Gasteiger partial charge in [-0.1, -0.05) is 5.16 Å². The Morgan fingerprint density at radius 2 is 2.19 bits per heavy atom. The van der Waals surface area contributed by atoms with Crippen LogP contribution in [-0.2, 0) is 16.7 Å². The van der Waals surface area contributed by atoms with Crippen molar-refractivity contribution in [3.05, 3.63) is 11.7 Å². The Morgan fingerprint density at radius 3 is 2.69 bits per heavy atom. The van der Waals surface area contributed by atoms with Crippen molar-refractivity contribution in [1.82, 2.24) is 10.1 Å². The molecular formula is C9H15F2N3O2. The summed E-state index contributed by atoms with van der Waals surface area (Å²) in [7, 11) is 0. The van der Waals surface area contributed by atoms with Crippen LogP contribution in [0.15, 0.2) is 4.52 Å². The maximum atomic E-state index is 11.7. The minimum atomic E-state index is -2.46. The molecule has 1 rings (SSSR count). The van der Waals surface area contributed by atoms with E-state index in [9.17, 15) is 8.78 Å². The molecule has 0 saturated carbocycles. The lowest BCUT2D eigenvalue weighted by atomic mass is 10.1. The van der Waals surface area contributed by atoms with Crippen LogP contribution in [0.5, 0.6) is 0 Å². The van der Waals surface area contributed by atoms with Crippen LogP contribution in [0.2, 0.25) is 0 Å². The molecular weight excluding hydrogens is 220 g/mol. The smallest absolute Gasteiger partial charge is 0.261 e. The molecule has 0 saturated heterocycles. The van der Waals surface area contributed by atoms with Crippen LogP contribution in [0.3, 0.4) is 0 Å². The first-order valence-electron chi connectivity index (χ1n) is 4.87. The fraction of sp³-hybridized carbons (Fsp3) is 0.778. The first-order chi connectivity index (χ1) is 7.39. The van der Waals surface area contributed by atoms with Gasteiger partial charge in [-0.3, -0.25) is 0 Å². The standard InChI is InChI=1S/C9H15F2N3O2/c1-9(2,12)8-13-7(16-14-8)3-4-15-5-6(10)11/h6H,3-5,12H2,1-2H3. The fourth-order valence-corrected chi connectivity index (χ4v) is 0.950. The molecule has 0 bridgehead atoms. The van der Waals surface area contributed by atoms with Crippen LogP contribution in [0.4, 0.5) is 8.78 Å². The van der Waals surface area contributed by atoms with Crippen LogP contribution < -0.4 is 5.73 Å². The number of ether oxygens (including phenoxy) is 1. The molecule has 2 N–H and O–H groups in total. The third-order valence-electron chi connectivity index (χ3n) is 1.75. The van der Waals surface area contributed by atoms with Gasteiger partial charge in [-0.25, -0.2) is 8.78 Å². The summed E-state index contributed by atoms with van der Waals surface area (Å²) >= 11 is 0. The van der Waals surface area contributed by atoms with Gasteiger partial charge >= 0.3 is 0 Å². The summed E-state index contributed by atoms with van der Waals surface area (Å²) in [6, 6.07) is 0. The highest BCUT2D eigenvalue weighted by molar-refractivity contribution is 4.98. The summed E-state index contributed by atoms with van der Waals surface area (Å²) in [4.78, 5) is 4.03. The predicted molar refractivity (Wildman–Crippen MR) is 52.0 cm³/mol. The Morgan fingerprint density at radius 1 is 1.50 bits per heavy atom. The maximum Gasteiger partial charge on any atom is 0.261 e. The molecule has 0 radical (unpaired) electrons. The number of rotatable bonds is 6. The average molecular weight is 235 g/mol. The van der Waals surface area contributed by atoms with Gasteiger partial charge in [-0.15, -0.1) is 0 Å². The molecule has 1 aromatic heterocycles. The first-order valence-corrected chi connectivity index (χ1v) is 4.87. The molecule has 0 atom stereocenters. The zero-order valence-corrected chi connectivity index (χ0v) is 9.24. The monoisotopic (exact) mass is 235 g/mol. The molecule has 5 nitrogen and oxygen atoms in total. The largest absolute Gasteiger partial charge is 0.375 e. The van der Waals surface area contributed by atoms with Crippen molar-refractivity contribution in [3.63, 3.8) is 0 Å². The lowest BCUT2D eigenvalue weighted by molar-refractivity contribution is 0.0171. The van der Waals surface area contributed by atoms with Gasteiger partial charge in [0.2, 0.25) is 5.89 Å². The van der Waals surface area contributed by atoms with Crippen molar-refractivity contribution in [2.24, 2.45) is 5.73 Å². The van der Waals surface area contributed by atoms with E-state index in [-0.39, 0.29) is 6.61 Å². The zero-order chi connectivity index (χ0) is 12.2. The molecule has 0 spiro atoms. The van der Waals surface area contributed by atoms with Crippen molar-refractivity contribution < 1.29 is 18.0 Å². The molecule has 1 aromatic rings. The minimum absolute atomic E-state index is 0.122. The summed E-state index contributed by atoms with van der Waals surface area (Å²) < 4.78 is 33.0. The molecule has 0 unspecified atom stereocenters. The number of hydrogen-bond donors (Lipinski definition) is 1. The second kappa shape index (κ2) is 5.31. The Hall–Kier alpha value is -1.08. The Kier molecular flexibility index (Phi) is 4.31. The molecule has 0 aliphatic rings. The van der Waals surface area contributed by atoms with Gasteiger partial charge in [0, 0.05) is 0 Å². The third-order valence-corrected chi connectivity index (χ3v) is 1.75. The number of halogens is 2. The van der Waals surface area contributed by atoms with Crippen molar-refractivity contribution in [3.8, 4) is 0 Å². The minimum Gasteiger partial charge on any atom is -0.375 e. The summed E-state index contributed by atoms with van der Waals surface area (Å²) in [5.41, 5.74) is 5.07. The normalized spacial score (nSPS) is 12.4. The summed E-state index contributed by atoms with van der Waals surface area (Å²) in [5.74, 6) is 0.721. The van der Waals surface area contributed by atoms with Crippen LogP contribution >= 0.6 is 0 Å². The van der Waals surface area contributed by atoms with E-state index in [1.807, 2.05) is 0 Å². The molecule has 1 heterocycles. The van der Waals surface area contributed by atoms with E-state index in [0.29, 0.717) is 18.1 Å². The Labute approximate surface area is 92.0 Å². The van der Waals surface area contributed by atoms with E-state index >= 15 is 0 Å². The van der Waals surface area contributed by atoms with Gasteiger partial charge in [-0.2, -0.15) is 4.98 Å². The Balaban J connectivity index is 2.36. The van der Waals surface area contributed by atoms with Crippen molar-refractivity contribution in [2.45, 2.75) is 32.2 Å². The van der Waals surface area contributed by atoms with E-state index in [0.717, 1.165) is 0 Å². The lowest BCUT2D eigenvalue weighted by Gasteiger charge is -2.11. The molecule has 0 amide bonds. The van der Waals surface area contributed by atoms with Crippen LogP contribution in [0, 0.1) is 0 Å². The van der Waals surface area contributed by atoms with Gasteiger partial charge < -0.3 is 15.0 Å². The average Bonchev–Trinajstić information content (AvgIpc) is 2.59. The molecule has 16 heavy (non-hydrogen) atoms. The van der Waals surface area contributed by atoms with E-state index in [2.05, 4.69) is 14.9 Å². The SMILES string of the molecule is CC(C)(N)c1noc(CCOCC(F)F)n1. The van der Waals surface area contributed by atoms with E-state index in [1.54, 1.807) is 13.8 Å². The van der Waals surface area contributed by atoms with Gasteiger partial charge in [0.25, 0.3) is 6.43 Å². The van der Waals surface area contributed by atoms with Crippen LogP contribution in [0.25, 0.3) is 0 Å². The highest BCUT2D eigenvalue weighted by Gasteiger charge is 2.21. The molecule has 0 aromatic carbocycles. The van der Waals surface area contributed by atoms with E-state index in [4.69, 9.17) is 10.3 Å². The van der Waals surface area contributed by atoms with Crippen molar-refractivity contribution in [1.29, 1.82) is 0 Å². The molecule has 7 heteroatoms. The van der Waals surface area contributed by atoms with E-state index < -0.39 is 18.6 Å². The lowest BCUT2D eigenvalue weighted by Crippen LogP contribution is -2.30. The number of nitrogens with two attached hydrogens (primary N) is 1. The van der Waals surface area contributed by atoms with Crippen LogP contribution in [0.1, 0.15) is 25.6 Å². The molecule has 92 valence electrons. The van der Waals surface area contributed by atoms with E-state index in [1.165, 1.54) is 0 Å². The predicted octanol–water partition coefficient (Wildman–Crippen LogP) is 1.09. The summed E-state index contributed by atoms with van der Waals surface area (Å²) in [6.45, 7) is 3.03. The van der Waals surface area contributed by atoms with Crippen molar-refractivity contribution >= 4 is 0 Å². The second-order valence-electron chi connectivity index (χ2n) is 3.95. The van der Waals surface area contributed by atoms with Gasteiger partial charge in [-0.05, 0) is 13.8 Å². The quantitative estimate of drug-likeness (QED) is 0.747. The van der Waals surface area contributed by atoms with Gasteiger partial charge in [0.1, 0.15) is 6.61 Å². The third kappa shape index (κ3) is 4.19. The highest BCUT2D eigenvalue weighted by Crippen LogP contribution is 2.12. The van der Waals surface area contributed by atoms with Gasteiger partial charge in [0.05, 0.1) is 18.6 Å². The fourth-order valence-electron chi connectivity index (χ4n) is 0.950. The van der Waals surface area contributed by atoms with Crippen molar-refractivity contribution in [2.75, 3.05) is 13.2 Å². The van der Waals surface area contributed by atoms with Gasteiger partial charge in [0.15, 0.2) is 5.82 Å². The second-order valence-corrected chi connectivity index (χ2v) is 3.95. The maximum absolute atomic E-state index is 11.7. The molecule has 0 aliphatic carbocycles. The molecule has 0 fully saturated rings. The highest BCUT2D eigenvalue weighted by atomic mass is 19.3. The number of alkyl halides is 2. The molecule has 0 aliphatic heterocycles. The Bertz CT molecular complexity index is 323. The zero-order valence-electron chi connectivity index (χ0n) is 9.24. The number of hydrogen-bond acceptors (Lipinski definition) is 5. The number of nitrogens with zero attached hydrogens (tertiary/aromatic N) is 2. The van der Waals surface area contributed by atoms with Crippen LogP contribution in [-0.4, -0.2) is 29.8 Å². The number of aromatic nitrogens is 2. The topological polar surface area (TPSA) is 74.2 Å². The first kappa shape index (κ1) is 13.0. The summed E-state index contributed by atoms with van der Waals surface area (Å²) in [6.07, 6.45) is -2.16.